The van der Waals surface area contributed by atoms with Gasteiger partial charge in [0.15, 0.2) is 5.69 Å². The van der Waals surface area contributed by atoms with Gasteiger partial charge in [-0.25, -0.2) is 0 Å². The van der Waals surface area contributed by atoms with Crippen LogP contribution in [0.2, 0.25) is 0 Å². The Morgan fingerprint density at radius 1 is 1.31 bits per heavy atom. The van der Waals surface area contributed by atoms with Crippen LogP contribution < -0.4 is 5.73 Å². The van der Waals surface area contributed by atoms with Crippen molar-refractivity contribution in [3.63, 3.8) is 0 Å². The predicted octanol–water partition coefficient (Wildman–Crippen LogP) is 0.989. The molecule has 13 heavy (non-hydrogen) atoms. The van der Waals surface area contributed by atoms with Crippen LogP contribution in [0.5, 0.6) is 0 Å². The summed E-state index contributed by atoms with van der Waals surface area (Å²) in [5.74, 6) is -5.37. The molecule has 1 heterocycles. The molecule has 70 valence electrons. The molecule has 1 rings (SSSR count). The van der Waals surface area contributed by atoms with E-state index in [4.69, 9.17) is 5.73 Å². The zero-order valence-corrected chi connectivity index (χ0v) is 5.92. The van der Waals surface area contributed by atoms with E-state index < -0.39 is 34.0 Å². The van der Waals surface area contributed by atoms with E-state index in [-0.39, 0.29) is 0 Å². The van der Waals surface area contributed by atoms with Crippen LogP contribution >= 0.6 is 0 Å². The number of nitrogens with zero attached hydrogens (tertiary/aromatic N) is 2. The van der Waals surface area contributed by atoms with E-state index in [9.17, 15) is 23.3 Å². The number of rotatable bonds is 1. The van der Waals surface area contributed by atoms with Gasteiger partial charge < -0.3 is 5.73 Å². The molecule has 0 saturated heterocycles. The van der Waals surface area contributed by atoms with E-state index in [0.29, 0.717) is 0 Å². The van der Waals surface area contributed by atoms with Gasteiger partial charge in [-0.05, 0) is 0 Å². The first-order chi connectivity index (χ1) is 5.95. The molecule has 0 aliphatic heterocycles. The van der Waals surface area contributed by atoms with Crippen molar-refractivity contribution in [1.82, 2.24) is 4.98 Å². The normalized spacial score (nSPS) is 10.1. The third-order valence-electron chi connectivity index (χ3n) is 1.25. The summed E-state index contributed by atoms with van der Waals surface area (Å²) in [6, 6.07) is 0. The van der Waals surface area contributed by atoms with E-state index >= 15 is 0 Å². The first kappa shape index (κ1) is 9.23. The van der Waals surface area contributed by atoms with Gasteiger partial charge in [-0.1, -0.05) is 0 Å². The molecule has 0 atom stereocenters. The fourth-order valence-electron chi connectivity index (χ4n) is 0.688. The Bertz CT molecular complexity index is 356. The number of hydrogen-bond donors (Lipinski definition) is 1. The lowest BCUT2D eigenvalue weighted by Gasteiger charge is -1.99. The van der Waals surface area contributed by atoms with Crippen molar-refractivity contribution in [1.29, 1.82) is 0 Å². The summed E-state index contributed by atoms with van der Waals surface area (Å²) in [6.07, 6.45) is 0. The molecule has 8 heteroatoms. The highest BCUT2D eigenvalue weighted by atomic mass is 19.2. The van der Waals surface area contributed by atoms with Gasteiger partial charge in [0, 0.05) is 0 Å². The molecule has 0 radical (unpaired) electrons. The molecule has 0 saturated carbocycles. The maximum absolute atomic E-state index is 12.6. The van der Waals surface area contributed by atoms with Crippen LogP contribution in [0, 0.1) is 27.8 Å². The van der Waals surface area contributed by atoms with Crippen LogP contribution in [0.25, 0.3) is 0 Å². The molecule has 0 aliphatic carbocycles. The van der Waals surface area contributed by atoms with E-state index in [1.807, 2.05) is 0 Å². The third-order valence-corrected chi connectivity index (χ3v) is 1.25. The monoisotopic (exact) mass is 193 g/mol. The summed E-state index contributed by atoms with van der Waals surface area (Å²) < 4.78 is 37.3. The standard InChI is InChI=1S/C5H2F3N3O2/c6-1-3(11(12)13)2(9)5(8)10-4(1)7/h9H2. The lowest BCUT2D eigenvalue weighted by atomic mass is 10.3. The molecule has 5 nitrogen and oxygen atoms in total. The summed E-state index contributed by atoms with van der Waals surface area (Å²) >= 11 is 0. The number of anilines is 1. The summed E-state index contributed by atoms with van der Waals surface area (Å²) in [6.45, 7) is 0. The predicted molar refractivity (Wildman–Crippen MR) is 35.2 cm³/mol. The highest BCUT2D eigenvalue weighted by Gasteiger charge is 2.27. The van der Waals surface area contributed by atoms with E-state index in [1.165, 1.54) is 0 Å². The van der Waals surface area contributed by atoms with E-state index in [1.54, 1.807) is 0 Å². The maximum Gasteiger partial charge on any atom is 0.336 e. The quantitative estimate of drug-likeness (QED) is 0.409. The number of hydrogen-bond acceptors (Lipinski definition) is 4. The van der Waals surface area contributed by atoms with Crippen molar-refractivity contribution in [2.24, 2.45) is 0 Å². The Hall–Kier alpha value is -1.86. The molecule has 0 fully saturated rings. The number of aromatic nitrogens is 1. The van der Waals surface area contributed by atoms with Crippen LogP contribution in [0.3, 0.4) is 0 Å². The molecule has 1 aromatic heterocycles. The van der Waals surface area contributed by atoms with Crippen molar-refractivity contribution < 1.29 is 18.1 Å². The van der Waals surface area contributed by atoms with Crippen LogP contribution in [-0.2, 0) is 0 Å². The largest absolute Gasteiger partial charge is 0.389 e. The lowest BCUT2D eigenvalue weighted by molar-refractivity contribution is -0.387. The minimum absolute atomic E-state index is 1.12. The molecule has 0 aliphatic rings. The van der Waals surface area contributed by atoms with Crippen LogP contribution in [0.4, 0.5) is 24.5 Å². The van der Waals surface area contributed by atoms with Crippen molar-refractivity contribution in [2.45, 2.75) is 0 Å². The Morgan fingerprint density at radius 2 is 1.85 bits per heavy atom. The molecular formula is C5H2F3N3O2. The van der Waals surface area contributed by atoms with Gasteiger partial charge in [0.2, 0.25) is 5.95 Å². The highest BCUT2D eigenvalue weighted by molar-refractivity contribution is 5.57. The average molecular weight is 193 g/mol. The second-order valence-corrected chi connectivity index (χ2v) is 2.03. The number of nitrogens with two attached hydrogens (primary N) is 1. The van der Waals surface area contributed by atoms with Crippen LogP contribution in [0.1, 0.15) is 0 Å². The fraction of sp³-hybridized carbons (Fsp3) is 0. The van der Waals surface area contributed by atoms with Crippen molar-refractivity contribution in [2.75, 3.05) is 5.73 Å². The Morgan fingerprint density at radius 3 is 2.31 bits per heavy atom. The minimum Gasteiger partial charge on any atom is -0.389 e. The highest BCUT2D eigenvalue weighted by Crippen LogP contribution is 2.27. The van der Waals surface area contributed by atoms with Gasteiger partial charge in [-0.15, -0.1) is 0 Å². The maximum atomic E-state index is 12.6. The number of nitro groups is 1. The van der Waals surface area contributed by atoms with Gasteiger partial charge in [0.1, 0.15) is 0 Å². The first-order valence-electron chi connectivity index (χ1n) is 2.89. The summed E-state index contributed by atoms with van der Waals surface area (Å²) in [7, 11) is 0. The van der Waals surface area contributed by atoms with Crippen molar-refractivity contribution >= 4 is 11.4 Å². The summed E-state index contributed by atoms with van der Waals surface area (Å²) in [4.78, 5) is 11.1. The molecule has 0 bridgehead atoms. The summed E-state index contributed by atoms with van der Waals surface area (Å²) in [5, 5.41) is 10.1. The SMILES string of the molecule is Nc1c(F)nc(F)c(F)c1[N+](=O)[O-]. The average Bonchev–Trinajstić information content (AvgIpc) is 2.01. The minimum atomic E-state index is -1.89. The van der Waals surface area contributed by atoms with Gasteiger partial charge in [0.05, 0.1) is 4.92 Å². The van der Waals surface area contributed by atoms with Gasteiger partial charge in [0.25, 0.3) is 11.8 Å². The molecule has 0 aromatic carbocycles. The molecular weight excluding hydrogens is 191 g/mol. The fourth-order valence-corrected chi connectivity index (χ4v) is 0.688. The van der Waals surface area contributed by atoms with Crippen LogP contribution in [-0.4, -0.2) is 9.91 Å². The molecule has 2 N–H and O–H groups in total. The molecule has 1 aromatic rings. The molecule has 0 spiro atoms. The Labute approximate surface area is 69.1 Å². The molecule has 0 unspecified atom stereocenters. The lowest BCUT2D eigenvalue weighted by Crippen LogP contribution is -2.06. The topological polar surface area (TPSA) is 82.0 Å². The first-order valence-corrected chi connectivity index (χ1v) is 2.89. The van der Waals surface area contributed by atoms with Crippen molar-refractivity contribution in [3.05, 3.63) is 27.8 Å². The molecule has 0 amide bonds. The summed E-state index contributed by atoms with van der Waals surface area (Å²) in [5.41, 5.74) is 2.21. The third kappa shape index (κ3) is 1.37. The second kappa shape index (κ2) is 2.88. The van der Waals surface area contributed by atoms with E-state index in [0.717, 1.165) is 0 Å². The van der Waals surface area contributed by atoms with Crippen molar-refractivity contribution in [3.8, 4) is 0 Å². The van der Waals surface area contributed by atoms with Gasteiger partial charge in [-0.3, -0.25) is 10.1 Å². The van der Waals surface area contributed by atoms with Crippen LogP contribution in [0.15, 0.2) is 0 Å². The zero-order chi connectivity index (χ0) is 10.2. The second-order valence-electron chi connectivity index (χ2n) is 2.03. The number of nitrogen functional groups attached to an aromatic ring is 1. The Balaban J connectivity index is 3.56. The van der Waals surface area contributed by atoms with E-state index in [2.05, 4.69) is 4.98 Å². The Kier molecular flexibility index (Phi) is 2.05. The zero-order valence-electron chi connectivity index (χ0n) is 5.92. The van der Waals surface area contributed by atoms with Gasteiger partial charge >= 0.3 is 5.69 Å². The van der Waals surface area contributed by atoms with Gasteiger partial charge in [-0.2, -0.15) is 18.2 Å². The number of halogens is 3. The smallest absolute Gasteiger partial charge is 0.336 e. The number of pyridine rings is 1.